The lowest BCUT2D eigenvalue weighted by atomic mass is 9.85. The average molecular weight is 290 g/mol. The maximum Gasteiger partial charge on any atom is 0.215 e. The second kappa shape index (κ2) is 8.22. The SMILES string of the molecule is CCCNCC(C)S(=O)(=O)NC1CCCC(CC)C1. The van der Waals surface area contributed by atoms with Crippen molar-refractivity contribution in [2.45, 2.75) is 70.6 Å². The summed E-state index contributed by atoms with van der Waals surface area (Å²) in [6.07, 6.45) is 6.58. The first-order valence-corrected chi connectivity index (χ1v) is 9.26. The van der Waals surface area contributed by atoms with Crippen LogP contribution < -0.4 is 10.0 Å². The topological polar surface area (TPSA) is 58.2 Å². The van der Waals surface area contributed by atoms with Gasteiger partial charge in [0.1, 0.15) is 0 Å². The van der Waals surface area contributed by atoms with Gasteiger partial charge in [-0.1, -0.05) is 33.1 Å². The summed E-state index contributed by atoms with van der Waals surface area (Å²) >= 11 is 0. The van der Waals surface area contributed by atoms with Gasteiger partial charge in [-0.3, -0.25) is 0 Å². The normalized spacial score (nSPS) is 26.3. The van der Waals surface area contributed by atoms with E-state index in [-0.39, 0.29) is 11.3 Å². The van der Waals surface area contributed by atoms with Gasteiger partial charge in [0.25, 0.3) is 0 Å². The van der Waals surface area contributed by atoms with Crippen LogP contribution in [0.1, 0.15) is 59.3 Å². The molecule has 1 aliphatic carbocycles. The Kier molecular flexibility index (Phi) is 7.32. The standard InChI is InChI=1S/C14H30N2O2S/c1-4-9-15-11-12(3)19(17,18)16-14-8-6-7-13(5-2)10-14/h12-16H,4-11H2,1-3H3. The fourth-order valence-electron chi connectivity index (χ4n) is 2.71. The molecule has 0 aromatic carbocycles. The Hall–Kier alpha value is -0.130. The molecule has 0 bridgehead atoms. The lowest BCUT2D eigenvalue weighted by Gasteiger charge is -2.29. The highest BCUT2D eigenvalue weighted by Gasteiger charge is 2.27. The summed E-state index contributed by atoms with van der Waals surface area (Å²) in [5.41, 5.74) is 0. The molecule has 2 N–H and O–H groups in total. The van der Waals surface area contributed by atoms with Crippen molar-refractivity contribution in [3.05, 3.63) is 0 Å². The first-order chi connectivity index (χ1) is 8.99. The fourth-order valence-corrected chi connectivity index (χ4v) is 3.96. The molecule has 0 aliphatic heterocycles. The summed E-state index contributed by atoms with van der Waals surface area (Å²) in [6.45, 7) is 7.47. The van der Waals surface area contributed by atoms with Crippen LogP contribution in [0.2, 0.25) is 0 Å². The van der Waals surface area contributed by atoms with E-state index in [4.69, 9.17) is 0 Å². The van der Waals surface area contributed by atoms with E-state index in [1.165, 1.54) is 6.42 Å². The second-order valence-corrected chi connectivity index (χ2v) is 7.95. The summed E-state index contributed by atoms with van der Waals surface area (Å²) in [7, 11) is -3.18. The highest BCUT2D eigenvalue weighted by atomic mass is 32.2. The van der Waals surface area contributed by atoms with Crippen molar-refractivity contribution in [3.8, 4) is 0 Å². The minimum absolute atomic E-state index is 0.150. The van der Waals surface area contributed by atoms with Crippen molar-refractivity contribution < 1.29 is 8.42 Å². The largest absolute Gasteiger partial charge is 0.315 e. The number of sulfonamides is 1. The van der Waals surface area contributed by atoms with E-state index in [0.717, 1.165) is 38.6 Å². The Bertz CT molecular complexity index is 343. The zero-order valence-electron chi connectivity index (χ0n) is 12.6. The third-order valence-electron chi connectivity index (χ3n) is 4.08. The van der Waals surface area contributed by atoms with E-state index >= 15 is 0 Å². The minimum Gasteiger partial charge on any atom is -0.315 e. The van der Waals surface area contributed by atoms with Gasteiger partial charge in [0.2, 0.25) is 10.0 Å². The first-order valence-electron chi connectivity index (χ1n) is 7.71. The van der Waals surface area contributed by atoms with Crippen LogP contribution in [0.15, 0.2) is 0 Å². The number of rotatable bonds is 8. The molecule has 0 aromatic heterocycles. The minimum atomic E-state index is -3.18. The molecule has 1 saturated carbocycles. The van der Waals surface area contributed by atoms with Crippen LogP contribution in [0.25, 0.3) is 0 Å². The number of nitrogens with one attached hydrogen (secondary N) is 2. The van der Waals surface area contributed by atoms with Gasteiger partial charge >= 0.3 is 0 Å². The Morgan fingerprint density at radius 1 is 1.26 bits per heavy atom. The molecule has 0 heterocycles. The van der Waals surface area contributed by atoms with E-state index in [9.17, 15) is 8.42 Å². The molecule has 1 aliphatic rings. The lowest BCUT2D eigenvalue weighted by Crippen LogP contribution is -2.45. The van der Waals surface area contributed by atoms with Gasteiger partial charge < -0.3 is 5.32 Å². The predicted molar refractivity (Wildman–Crippen MR) is 80.7 cm³/mol. The molecule has 1 rings (SSSR count). The van der Waals surface area contributed by atoms with Crippen molar-refractivity contribution in [2.24, 2.45) is 5.92 Å². The summed E-state index contributed by atoms with van der Waals surface area (Å²) < 4.78 is 27.4. The third kappa shape index (κ3) is 5.79. The molecule has 114 valence electrons. The molecule has 0 aromatic rings. The van der Waals surface area contributed by atoms with E-state index in [1.54, 1.807) is 6.92 Å². The summed E-state index contributed by atoms with van der Waals surface area (Å²) in [5, 5.41) is 2.82. The van der Waals surface area contributed by atoms with Crippen molar-refractivity contribution in [1.82, 2.24) is 10.0 Å². The van der Waals surface area contributed by atoms with Gasteiger partial charge in [0, 0.05) is 12.6 Å². The van der Waals surface area contributed by atoms with E-state index in [1.807, 2.05) is 0 Å². The lowest BCUT2D eigenvalue weighted by molar-refractivity contribution is 0.300. The molecule has 0 radical (unpaired) electrons. The van der Waals surface area contributed by atoms with Crippen LogP contribution >= 0.6 is 0 Å². The zero-order valence-corrected chi connectivity index (χ0v) is 13.4. The molecule has 0 spiro atoms. The Labute approximate surface area is 118 Å². The number of hydrogen-bond acceptors (Lipinski definition) is 3. The first kappa shape index (κ1) is 16.9. The Morgan fingerprint density at radius 3 is 2.63 bits per heavy atom. The molecular weight excluding hydrogens is 260 g/mol. The molecule has 5 heteroatoms. The van der Waals surface area contributed by atoms with Gasteiger partial charge in [0.15, 0.2) is 0 Å². The van der Waals surface area contributed by atoms with Gasteiger partial charge in [0.05, 0.1) is 5.25 Å². The molecule has 1 fully saturated rings. The maximum absolute atomic E-state index is 12.2. The van der Waals surface area contributed by atoms with Crippen molar-refractivity contribution >= 4 is 10.0 Å². The highest BCUT2D eigenvalue weighted by Crippen LogP contribution is 2.27. The zero-order chi connectivity index (χ0) is 14.3. The van der Waals surface area contributed by atoms with E-state index in [0.29, 0.717) is 12.5 Å². The summed E-state index contributed by atoms with van der Waals surface area (Å²) in [6, 6.07) is 0.150. The van der Waals surface area contributed by atoms with Gasteiger partial charge in [-0.05, 0) is 38.6 Å². The van der Waals surface area contributed by atoms with Crippen LogP contribution in [0.5, 0.6) is 0 Å². The van der Waals surface area contributed by atoms with Crippen LogP contribution in [0.4, 0.5) is 0 Å². The van der Waals surface area contributed by atoms with Crippen LogP contribution in [0.3, 0.4) is 0 Å². The second-order valence-electron chi connectivity index (χ2n) is 5.82. The molecular formula is C14H30N2O2S. The highest BCUT2D eigenvalue weighted by molar-refractivity contribution is 7.90. The van der Waals surface area contributed by atoms with Crippen LogP contribution in [-0.4, -0.2) is 32.8 Å². The van der Waals surface area contributed by atoms with Crippen molar-refractivity contribution in [3.63, 3.8) is 0 Å². The van der Waals surface area contributed by atoms with Gasteiger partial charge in [-0.2, -0.15) is 0 Å². The maximum atomic E-state index is 12.2. The molecule has 0 saturated heterocycles. The Balaban J connectivity index is 2.44. The van der Waals surface area contributed by atoms with Crippen LogP contribution in [-0.2, 0) is 10.0 Å². The average Bonchev–Trinajstić information content (AvgIpc) is 2.38. The molecule has 3 atom stereocenters. The number of hydrogen-bond donors (Lipinski definition) is 2. The molecule has 0 amide bonds. The van der Waals surface area contributed by atoms with Crippen molar-refractivity contribution in [1.29, 1.82) is 0 Å². The van der Waals surface area contributed by atoms with Gasteiger partial charge in [-0.25, -0.2) is 13.1 Å². The van der Waals surface area contributed by atoms with Crippen LogP contribution in [0, 0.1) is 5.92 Å². The monoisotopic (exact) mass is 290 g/mol. The summed E-state index contributed by atoms with van der Waals surface area (Å²) in [5.74, 6) is 0.690. The van der Waals surface area contributed by atoms with E-state index in [2.05, 4.69) is 23.9 Å². The predicted octanol–water partition coefficient (Wildman–Crippen LogP) is 2.26. The Morgan fingerprint density at radius 2 is 2.00 bits per heavy atom. The molecule has 3 unspecified atom stereocenters. The van der Waals surface area contributed by atoms with Gasteiger partial charge in [-0.15, -0.1) is 0 Å². The van der Waals surface area contributed by atoms with E-state index < -0.39 is 10.0 Å². The smallest absolute Gasteiger partial charge is 0.215 e. The molecule has 19 heavy (non-hydrogen) atoms. The molecule has 4 nitrogen and oxygen atoms in total. The quantitative estimate of drug-likeness (QED) is 0.674. The van der Waals surface area contributed by atoms with Crippen molar-refractivity contribution in [2.75, 3.05) is 13.1 Å². The third-order valence-corrected chi connectivity index (χ3v) is 5.97. The fraction of sp³-hybridized carbons (Fsp3) is 1.00. The summed E-state index contributed by atoms with van der Waals surface area (Å²) in [4.78, 5) is 0.